The number of hydrogen-bond acceptors (Lipinski definition) is 3. The van der Waals surface area contributed by atoms with Crippen molar-refractivity contribution in [3.05, 3.63) is 65.0 Å². The fraction of sp³-hybridized carbons (Fsp3) is 0.520. The molecule has 0 radical (unpaired) electrons. The van der Waals surface area contributed by atoms with E-state index in [-0.39, 0.29) is 5.82 Å². The van der Waals surface area contributed by atoms with E-state index in [4.69, 9.17) is 9.47 Å². The average molecular weight is 398 g/mol. The molecule has 0 unspecified atom stereocenters. The van der Waals surface area contributed by atoms with Gasteiger partial charge in [-0.2, -0.15) is 0 Å². The summed E-state index contributed by atoms with van der Waals surface area (Å²) in [5.74, 6) is 1.33. The number of ether oxygens (including phenoxy) is 2. The Morgan fingerprint density at radius 1 is 0.931 bits per heavy atom. The summed E-state index contributed by atoms with van der Waals surface area (Å²) in [5, 5.41) is 0. The number of rotatable bonds is 2. The van der Waals surface area contributed by atoms with E-state index in [0.717, 1.165) is 36.9 Å². The van der Waals surface area contributed by atoms with Gasteiger partial charge in [0.15, 0.2) is 0 Å². The monoisotopic (exact) mass is 397 g/mol. The van der Waals surface area contributed by atoms with Crippen LogP contribution in [0.3, 0.4) is 0 Å². The Bertz CT molecular complexity index is 788. The van der Waals surface area contributed by atoms with E-state index in [0.29, 0.717) is 26.2 Å². The van der Waals surface area contributed by atoms with Crippen molar-refractivity contribution < 1.29 is 13.9 Å². The summed E-state index contributed by atoms with van der Waals surface area (Å²) >= 11 is 0. The van der Waals surface area contributed by atoms with Crippen molar-refractivity contribution in [3.63, 3.8) is 0 Å². The molecule has 0 amide bonds. The van der Waals surface area contributed by atoms with Crippen LogP contribution in [0.5, 0.6) is 5.75 Å². The topological polar surface area (TPSA) is 21.7 Å². The molecule has 4 rings (SSSR count). The highest BCUT2D eigenvalue weighted by Crippen LogP contribution is 2.26. The van der Waals surface area contributed by atoms with Crippen molar-refractivity contribution in [1.29, 1.82) is 0 Å². The summed E-state index contributed by atoms with van der Waals surface area (Å²) in [6, 6.07) is 13.5. The van der Waals surface area contributed by atoms with Crippen LogP contribution in [0.15, 0.2) is 42.5 Å². The molecule has 4 heteroatoms. The first kappa shape index (κ1) is 20.4. The Balaban J connectivity index is 1.53. The van der Waals surface area contributed by atoms with Crippen molar-refractivity contribution in [3.8, 4) is 5.75 Å². The molecule has 1 heterocycles. The van der Waals surface area contributed by atoms with Gasteiger partial charge in [-0.05, 0) is 48.1 Å². The average Bonchev–Trinajstić information content (AvgIpc) is 2.72. The molecule has 2 aromatic rings. The zero-order chi connectivity index (χ0) is 19.9. The third-order valence-corrected chi connectivity index (χ3v) is 6.09. The molecule has 0 spiro atoms. The summed E-state index contributed by atoms with van der Waals surface area (Å²) in [7, 11) is 0. The minimum atomic E-state index is -0.223. The SMILES string of the molecule is Fc1ccc2c(c1)Cc1cccc(c1)CN(CC1CCCCC1)CCOCCO2. The molecule has 29 heavy (non-hydrogen) atoms. The Hall–Kier alpha value is -1.91. The lowest BCUT2D eigenvalue weighted by Crippen LogP contribution is -2.33. The lowest BCUT2D eigenvalue weighted by Gasteiger charge is -2.30. The standard InChI is InChI=1S/C25H32FNO2/c26-24-9-10-25-23(17-24)16-21-7-4-8-22(15-21)19-27(11-12-28-13-14-29-25)18-20-5-2-1-3-6-20/h4,7-10,15,17,20H,1-3,5-6,11-14,16,18-19H2. The van der Waals surface area contributed by atoms with E-state index in [9.17, 15) is 4.39 Å². The molecule has 2 aromatic carbocycles. The predicted molar refractivity (Wildman–Crippen MR) is 114 cm³/mol. The van der Waals surface area contributed by atoms with Crippen molar-refractivity contribution in [2.24, 2.45) is 5.92 Å². The summed E-state index contributed by atoms with van der Waals surface area (Å²) in [6.45, 7) is 4.80. The largest absolute Gasteiger partial charge is 0.491 e. The van der Waals surface area contributed by atoms with Crippen LogP contribution < -0.4 is 4.74 Å². The van der Waals surface area contributed by atoms with Crippen LogP contribution in [0.25, 0.3) is 0 Å². The van der Waals surface area contributed by atoms with Gasteiger partial charge < -0.3 is 9.47 Å². The second-order valence-electron chi connectivity index (χ2n) is 8.45. The van der Waals surface area contributed by atoms with Crippen LogP contribution in [-0.2, 0) is 17.7 Å². The first-order chi connectivity index (χ1) is 14.3. The van der Waals surface area contributed by atoms with Gasteiger partial charge in [-0.15, -0.1) is 0 Å². The van der Waals surface area contributed by atoms with Gasteiger partial charge in [0.25, 0.3) is 0 Å². The van der Waals surface area contributed by atoms with Crippen LogP contribution in [0.2, 0.25) is 0 Å². The lowest BCUT2D eigenvalue weighted by molar-refractivity contribution is 0.0711. The molecule has 1 saturated carbocycles. The van der Waals surface area contributed by atoms with Gasteiger partial charge in [0.05, 0.1) is 13.2 Å². The number of benzene rings is 2. The molecule has 0 N–H and O–H groups in total. The van der Waals surface area contributed by atoms with E-state index in [1.165, 1.54) is 49.3 Å². The normalized spacial score (nSPS) is 19.8. The Morgan fingerprint density at radius 2 is 1.79 bits per heavy atom. The molecule has 2 bridgehead atoms. The van der Waals surface area contributed by atoms with Crippen LogP contribution in [0.4, 0.5) is 4.39 Å². The Kier molecular flexibility index (Phi) is 7.18. The van der Waals surface area contributed by atoms with E-state index in [1.54, 1.807) is 12.1 Å². The van der Waals surface area contributed by atoms with E-state index >= 15 is 0 Å². The maximum atomic E-state index is 13.8. The molecule has 1 fully saturated rings. The van der Waals surface area contributed by atoms with Gasteiger partial charge in [0.1, 0.15) is 18.2 Å². The van der Waals surface area contributed by atoms with Gasteiger partial charge in [-0.3, -0.25) is 4.90 Å². The molecular formula is C25H32FNO2. The highest BCUT2D eigenvalue weighted by atomic mass is 19.1. The Labute approximate surface area is 173 Å². The highest BCUT2D eigenvalue weighted by Gasteiger charge is 2.18. The fourth-order valence-electron chi connectivity index (χ4n) is 4.62. The van der Waals surface area contributed by atoms with Crippen LogP contribution in [0, 0.1) is 11.7 Å². The zero-order valence-electron chi connectivity index (χ0n) is 17.2. The molecule has 0 aromatic heterocycles. The van der Waals surface area contributed by atoms with Crippen molar-refractivity contribution >= 4 is 0 Å². The summed E-state index contributed by atoms with van der Waals surface area (Å²) in [5.41, 5.74) is 3.40. The second kappa shape index (κ2) is 10.2. The Morgan fingerprint density at radius 3 is 2.69 bits per heavy atom. The molecule has 1 aliphatic carbocycles. The predicted octanol–water partition coefficient (Wildman–Crippen LogP) is 5.21. The fourth-order valence-corrected chi connectivity index (χ4v) is 4.62. The highest BCUT2D eigenvalue weighted by molar-refractivity contribution is 5.39. The molecule has 1 aliphatic heterocycles. The lowest BCUT2D eigenvalue weighted by atomic mass is 9.89. The van der Waals surface area contributed by atoms with Gasteiger partial charge in [-0.25, -0.2) is 4.39 Å². The number of halogens is 1. The van der Waals surface area contributed by atoms with Gasteiger partial charge in [-0.1, -0.05) is 43.5 Å². The molecule has 156 valence electrons. The zero-order valence-corrected chi connectivity index (χ0v) is 17.2. The quantitative estimate of drug-likeness (QED) is 0.695. The summed E-state index contributed by atoms with van der Waals surface area (Å²) < 4.78 is 25.6. The van der Waals surface area contributed by atoms with Crippen LogP contribution >= 0.6 is 0 Å². The van der Waals surface area contributed by atoms with Crippen LogP contribution in [0.1, 0.15) is 48.8 Å². The number of hydrogen-bond donors (Lipinski definition) is 0. The van der Waals surface area contributed by atoms with Gasteiger partial charge in [0, 0.05) is 31.6 Å². The minimum Gasteiger partial charge on any atom is -0.491 e. The first-order valence-corrected chi connectivity index (χ1v) is 11.1. The first-order valence-electron chi connectivity index (χ1n) is 11.1. The van der Waals surface area contributed by atoms with Gasteiger partial charge >= 0.3 is 0 Å². The second-order valence-corrected chi connectivity index (χ2v) is 8.45. The van der Waals surface area contributed by atoms with E-state index in [1.807, 2.05) is 0 Å². The van der Waals surface area contributed by atoms with Crippen molar-refractivity contribution in [1.82, 2.24) is 4.90 Å². The third-order valence-electron chi connectivity index (χ3n) is 6.09. The number of nitrogens with zero attached hydrogens (tertiary/aromatic N) is 1. The number of fused-ring (bicyclic) bond motifs is 3. The van der Waals surface area contributed by atoms with E-state index in [2.05, 4.69) is 29.2 Å². The minimum absolute atomic E-state index is 0.223. The molecule has 2 aliphatic rings. The summed E-state index contributed by atoms with van der Waals surface area (Å²) in [4.78, 5) is 2.55. The third kappa shape index (κ3) is 6.03. The summed E-state index contributed by atoms with van der Waals surface area (Å²) in [6.07, 6.45) is 7.52. The van der Waals surface area contributed by atoms with Gasteiger partial charge in [0.2, 0.25) is 0 Å². The van der Waals surface area contributed by atoms with Crippen molar-refractivity contribution in [2.75, 3.05) is 32.9 Å². The molecular weight excluding hydrogens is 365 g/mol. The van der Waals surface area contributed by atoms with E-state index < -0.39 is 0 Å². The smallest absolute Gasteiger partial charge is 0.123 e. The molecule has 0 saturated heterocycles. The van der Waals surface area contributed by atoms with Crippen LogP contribution in [-0.4, -0.2) is 37.8 Å². The maximum absolute atomic E-state index is 13.8. The van der Waals surface area contributed by atoms with Crippen molar-refractivity contribution in [2.45, 2.75) is 45.1 Å². The molecule has 3 nitrogen and oxygen atoms in total. The maximum Gasteiger partial charge on any atom is 0.123 e. The molecule has 0 atom stereocenters.